The predicted molar refractivity (Wildman–Crippen MR) is 89.5 cm³/mol. The maximum Gasteiger partial charge on any atom is 0.335 e. The molecule has 0 spiro atoms. The van der Waals surface area contributed by atoms with E-state index in [1.807, 2.05) is 12.1 Å². The highest BCUT2D eigenvalue weighted by atomic mass is 16.4. The van der Waals surface area contributed by atoms with Crippen molar-refractivity contribution in [3.8, 4) is 0 Å². The molecule has 1 saturated carbocycles. The van der Waals surface area contributed by atoms with Gasteiger partial charge in [0.15, 0.2) is 0 Å². The molecule has 2 bridgehead atoms. The molecule has 2 saturated heterocycles. The summed E-state index contributed by atoms with van der Waals surface area (Å²) in [6, 6.07) is 9.44. The van der Waals surface area contributed by atoms with Crippen molar-refractivity contribution >= 4 is 5.97 Å². The van der Waals surface area contributed by atoms with E-state index in [9.17, 15) is 9.90 Å². The summed E-state index contributed by atoms with van der Waals surface area (Å²) in [5, 5.41) is 9.22. The molecule has 1 aromatic carbocycles. The van der Waals surface area contributed by atoms with Gasteiger partial charge >= 0.3 is 5.97 Å². The smallest absolute Gasteiger partial charge is 0.335 e. The number of carbonyl (C=O) groups is 1. The second kappa shape index (κ2) is 5.32. The first-order valence-corrected chi connectivity index (χ1v) is 8.77. The Morgan fingerprint density at radius 3 is 2.91 bits per heavy atom. The summed E-state index contributed by atoms with van der Waals surface area (Å²) >= 11 is 0. The molecule has 23 heavy (non-hydrogen) atoms. The van der Waals surface area contributed by atoms with Crippen LogP contribution in [-0.4, -0.2) is 52.6 Å². The van der Waals surface area contributed by atoms with E-state index >= 15 is 0 Å². The highest BCUT2D eigenvalue weighted by Crippen LogP contribution is 2.54. The fraction of sp³-hybridized carbons (Fsp3) is 0.632. The van der Waals surface area contributed by atoms with Gasteiger partial charge < -0.3 is 10.0 Å². The molecule has 0 radical (unpaired) electrons. The van der Waals surface area contributed by atoms with Crippen LogP contribution in [0.25, 0.3) is 0 Å². The third-order valence-electron chi connectivity index (χ3n) is 6.59. The summed E-state index contributed by atoms with van der Waals surface area (Å²) < 4.78 is 0. The van der Waals surface area contributed by atoms with Crippen LogP contribution >= 0.6 is 0 Å². The van der Waals surface area contributed by atoms with Gasteiger partial charge in [-0.05, 0) is 44.0 Å². The van der Waals surface area contributed by atoms with Crippen molar-refractivity contribution in [2.45, 2.75) is 57.3 Å². The van der Waals surface area contributed by atoms with E-state index in [4.69, 9.17) is 0 Å². The summed E-state index contributed by atoms with van der Waals surface area (Å²) in [5.74, 6) is -0.837. The van der Waals surface area contributed by atoms with Crippen molar-refractivity contribution in [3.05, 3.63) is 35.4 Å². The van der Waals surface area contributed by atoms with Gasteiger partial charge in [-0.3, -0.25) is 4.90 Å². The van der Waals surface area contributed by atoms with Crippen molar-refractivity contribution in [2.24, 2.45) is 5.41 Å². The number of aromatic carboxylic acids is 1. The van der Waals surface area contributed by atoms with Crippen LogP contribution in [0, 0.1) is 5.41 Å². The number of hydrogen-bond donors (Lipinski definition) is 1. The maximum atomic E-state index is 11.2. The molecule has 0 unspecified atom stereocenters. The Morgan fingerprint density at radius 1 is 1.35 bits per heavy atom. The van der Waals surface area contributed by atoms with Gasteiger partial charge in [0.25, 0.3) is 0 Å². The lowest BCUT2D eigenvalue weighted by Crippen LogP contribution is -2.54. The molecule has 0 amide bonds. The number of hydrogen-bond acceptors (Lipinski definition) is 3. The van der Waals surface area contributed by atoms with E-state index in [1.54, 1.807) is 6.07 Å². The number of carboxylic acid groups (broad SMARTS) is 1. The average Bonchev–Trinajstić information content (AvgIpc) is 2.78. The molecule has 4 heteroatoms. The zero-order chi connectivity index (χ0) is 16.2. The lowest BCUT2D eigenvalue weighted by molar-refractivity contribution is 0.0248. The minimum absolute atomic E-state index is 0.398. The molecule has 124 valence electrons. The molecule has 4 atom stereocenters. The van der Waals surface area contributed by atoms with Crippen LogP contribution < -0.4 is 0 Å². The second-order valence-corrected chi connectivity index (χ2v) is 7.94. The van der Waals surface area contributed by atoms with Crippen LogP contribution in [0.1, 0.15) is 48.5 Å². The van der Waals surface area contributed by atoms with Gasteiger partial charge in [-0.15, -0.1) is 0 Å². The van der Waals surface area contributed by atoms with Gasteiger partial charge in [-0.1, -0.05) is 25.5 Å². The number of nitrogens with zero attached hydrogens (tertiary/aromatic N) is 2. The van der Waals surface area contributed by atoms with Crippen LogP contribution in [0.3, 0.4) is 0 Å². The van der Waals surface area contributed by atoms with E-state index in [-0.39, 0.29) is 0 Å². The zero-order valence-electron chi connectivity index (χ0n) is 14.0. The highest BCUT2D eigenvalue weighted by Gasteiger charge is 2.58. The van der Waals surface area contributed by atoms with Crippen molar-refractivity contribution in [3.63, 3.8) is 0 Å². The Bertz CT molecular complexity index is 632. The van der Waals surface area contributed by atoms with Crippen LogP contribution in [0.5, 0.6) is 0 Å². The Morgan fingerprint density at radius 2 is 2.13 bits per heavy atom. The molecule has 4 nitrogen and oxygen atoms in total. The number of benzene rings is 1. The molecule has 3 fully saturated rings. The van der Waals surface area contributed by atoms with Gasteiger partial charge in [-0.2, -0.15) is 0 Å². The number of likely N-dealkylation sites (tertiary alicyclic amines) is 2. The monoisotopic (exact) mass is 314 g/mol. The standard InChI is InChI=1S/C19H26N2O2/c1-19-10-15-12-20(2)16(19)7-4-8-17(19)21(15)11-13-5-3-6-14(9-13)18(22)23/h3,5-6,9,15-17H,4,7-8,10-12H2,1-2H3,(H,22,23)/t15-,16+,17-,19+/m0/s1. The predicted octanol–water partition coefficient (Wildman–Crippen LogP) is 2.83. The number of fused-ring (bicyclic) bond motifs is 1. The highest BCUT2D eigenvalue weighted by molar-refractivity contribution is 5.87. The van der Waals surface area contributed by atoms with E-state index in [1.165, 1.54) is 25.7 Å². The molecule has 1 N–H and O–H groups in total. The molecular weight excluding hydrogens is 288 g/mol. The average molecular weight is 314 g/mol. The number of likely N-dealkylation sites (N-methyl/N-ethyl adjacent to an activating group) is 1. The third kappa shape index (κ3) is 2.31. The summed E-state index contributed by atoms with van der Waals surface area (Å²) in [6.07, 6.45) is 5.23. The normalized spacial score (nSPS) is 37.0. The topological polar surface area (TPSA) is 43.8 Å². The largest absolute Gasteiger partial charge is 0.478 e. The molecule has 3 aliphatic rings. The molecule has 2 aliphatic heterocycles. The third-order valence-corrected chi connectivity index (χ3v) is 6.59. The Balaban J connectivity index is 1.62. The van der Waals surface area contributed by atoms with Crippen molar-refractivity contribution in [1.29, 1.82) is 0 Å². The SMILES string of the molecule is CN1C[C@@H]2C[C@@]3(C)[C@H](CCC[C@@H]13)N2Cc1cccc(C(=O)O)c1. The van der Waals surface area contributed by atoms with E-state index < -0.39 is 5.97 Å². The van der Waals surface area contributed by atoms with Gasteiger partial charge in [0.1, 0.15) is 0 Å². The van der Waals surface area contributed by atoms with Crippen LogP contribution in [0.4, 0.5) is 0 Å². The van der Waals surface area contributed by atoms with Crippen LogP contribution in [0.15, 0.2) is 24.3 Å². The van der Waals surface area contributed by atoms with Crippen LogP contribution in [0.2, 0.25) is 0 Å². The quantitative estimate of drug-likeness (QED) is 0.932. The molecule has 1 aliphatic carbocycles. The maximum absolute atomic E-state index is 11.2. The Kier molecular flexibility index (Phi) is 3.50. The van der Waals surface area contributed by atoms with E-state index in [2.05, 4.69) is 29.8 Å². The minimum atomic E-state index is -0.837. The van der Waals surface area contributed by atoms with Gasteiger partial charge in [0.2, 0.25) is 0 Å². The van der Waals surface area contributed by atoms with Gasteiger partial charge in [0.05, 0.1) is 5.56 Å². The zero-order valence-corrected chi connectivity index (χ0v) is 14.0. The van der Waals surface area contributed by atoms with Crippen molar-refractivity contribution in [1.82, 2.24) is 9.80 Å². The van der Waals surface area contributed by atoms with Crippen molar-refractivity contribution < 1.29 is 9.90 Å². The number of piperidine rings is 1. The fourth-order valence-corrected chi connectivity index (χ4v) is 5.69. The Labute approximate surface area is 138 Å². The first-order valence-electron chi connectivity index (χ1n) is 8.77. The molecular formula is C19H26N2O2. The summed E-state index contributed by atoms with van der Waals surface area (Å²) in [6.45, 7) is 4.51. The second-order valence-electron chi connectivity index (χ2n) is 7.94. The molecule has 1 aromatic rings. The molecule has 4 rings (SSSR count). The van der Waals surface area contributed by atoms with E-state index in [0.29, 0.717) is 29.1 Å². The fourth-order valence-electron chi connectivity index (χ4n) is 5.69. The van der Waals surface area contributed by atoms with Crippen LogP contribution in [-0.2, 0) is 6.54 Å². The minimum Gasteiger partial charge on any atom is -0.478 e. The lowest BCUT2D eigenvalue weighted by Gasteiger charge is -2.49. The first-order chi connectivity index (χ1) is 11.0. The summed E-state index contributed by atoms with van der Waals surface area (Å²) in [4.78, 5) is 16.5. The van der Waals surface area contributed by atoms with Gasteiger partial charge in [0, 0.05) is 36.6 Å². The summed E-state index contributed by atoms with van der Waals surface area (Å²) in [5.41, 5.74) is 1.93. The summed E-state index contributed by atoms with van der Waals surface area (Å²) in [7, 11) is 2.28. The number of carboxylic acids is 1. The van der Waals surface area contributed by atoms with Crippen molar-refractivity contribution in [2.75, 3.05) is 13.6 Å². The lowest BCUT2D eigenvalue weighted by atomic mass is 9.66. The van der Waals surface area contributed by atoms with Gasteiger partial charge in [-0.25, -0.2) is 4.79 Å². The molecule has 0 aromatic heterocycles. The Hall–Kier alpha value is -1.39. The first kappa shape index (κ1) is 15.2. The number of rotatable bonds is 3. The molecule has 2 heterocycles. The van der Waals surface area contributed by atoms with E-state index in [0.717, 1.165) is 18.7 Å².